The van der Waals surface area contributed by atoms with Gasteiger partial charge in [0.05, 0.1) is 15.6 Å². The third-order valence-corrected chi connectivity index (χ3v) is 3.85. The number of nitro groups is 1. The Hall–Kier alpha value is -2.11. The van der Waals surface area contributed by atoms with Gasteiger partial charge in [-0.2, -0.15) is 0 Å². The molecule has 1 N–H and O–H groups in total. The zero-order chi connectivity index (χ0) is 14.8. The van der Waals surface area contributed by atoms with E-state index in [2.05, 4.69) is 16.3 Å². The number of benzene rings is 2. The third kappa shape index (κ3) is 2.70. The van der Waals surface area contributed by atoms with E-state index in [1.165, 1.54) is 17.7 Å². The lowest BCUT2D eigenvalue weighted by Crippen LogP contribution is -2.24. The summed E-state index contributed by atoms with van der Waals surface area (Å²) in [5.74, 6) is 0. The fourth-order valence-corrected chi connectivity index (χ4v) is 2.81. The van der Waals surface area contributed by atoms with Crippen molar-refractivity contribution in [2.24, 2.45) is 0 Å². The van der Waals surface area contributed by atoms with Crippen molar-refractivity contribution < 1.29 is 4.92 Å². The van der Waals surface area contributed by atoms with Gasteiger partial charge in [0, 0.05) is 37.5 Å². The number of para-hydroxylation sites is 1. The van der Waals surface area contributed by atoms with Crippen LogP contribution in [0, 0.1) is 10.1 Å². The minimum Gasteiger partial charge on any atom is -0.339 e. The maximum Gasteiger partial charge on any atom is 0.271 e. The average molecular weight is 304 g/mol. The number of hydrogen-bond acceptors (Lipinski definition) is 4. The van der Waals surface area contributed by atoms with E-state index in [4.69, 9.17) is 11.6 Å². The van der Waals surface area contributed by atoms with Crippen molar-refractivity contribution in [1.29, 1.82) is 0 Å². The van der Waals surface area contributed by atoms with Gasteiger partial charge in [-0.05, 0) is 17.7 Å². The molecule has 0 bridgehead atoms. The van der Waals surface area contributed by atoms with Crippen LogP contribution in [0.25, 0.3) is 0 Å². The van der Waals surface area contributed by atoms with E-state index in [1.54, 1.807) is 6.07 Å². The highest BCUT2D eigenvalue weighted by atomic mass is 35.5. The predicted molar refractivity (Wildman–Crippen MR) is 83.3 cm³/mol. The monoisotopic (exact) mass is 303 g/mol. The van der Waals surface area contributed by atoms with Gasteiger partial charge in [0.1, 0.15) is 0 Å². The van der Waals surface area contributed by atoms with Crippen LogP contribution < -0.4 is 10.2 Å². The van der Waals surface area contributed by atoms with Crippen LogP contribution in [0.4, 0.5) is 17.1 Å². The number of hydrogen-bond donors (Lipinski definition) is 1. The second-order valence-electron chi connectivity index (χ2n) is 4.85. The van der Waals surface area contributed by atoms with Crippen LogP contribution in [0.5, 0.6) is 0 Å². The van der Waals surface area contributed by atoms with Crippen LogP contribution in [0.2, 0.25) is 5.02 Å². The number of nitro benzene ring substituents is 1. The highest BCUT2D eigenvalue weighted by Crippen LogP contribution is 2.36. The standard InChI is InChI=1S/C15H14ClN3O2/c16-13-9-12(19(20)21)5-6-15(13)18-8-7-17-10-11-3-1-2-4-14(11)18/h1-6,9,17H,7-8,10H2. The molecule has 3 rings (SSSR count). The van der Waals surface area contributed by atoms with E-state index >= 15 is 0 Å². The lowest BCUT2D eigenvalue weighted by atomic mass is 10.1. The minimum absolute atomic E-state index is 0.00461. The molecule has 1 heterocycles. The molecule has 2 aromatic carbocycles. The number of anilines is 2. The molecule has 5 nitrogen and oxygen atoms in total. The zero-order valence-electron chi connectivity index (χ0n) is 11.3. The summed E-state index contributed by atoms with van der Waals surface area (Å²) >= 11 is 6.26. The fraction of sp³-hybridized carbons (Fsp3) is 0.200. The first-order valence-electron chi connectivity index (χ1n) is 6.67. The molecule has 6 heteroatoms. The summed E-state index contributed by atoms with van der Waals surface area (Å²) in [6.07, 6.45) is 0. The molecule has 108 valence electrons. The Morgan fingerprint density at radius 1 is 1.19 bits per heavy atom. The molecule has 2 aromatic rings. The van der Waals surface area contributed by atoms with Crippen LogP contribution in [0.3, 0.4) is 0 Å². The number of nitrogens with zero attached hydrogens (tertiary/aromatic N) is 2. The van der Waals surface area contributed by atoms with Gasteiger partial charge in [0.15, 0.2) is 0 Å². The Morgan fingerprint density at radius 2 is 2.00 bits per heavy atom. The second-order valence-corrected chi connectivity index (χ2v) is 5.26. The summed E-state index contributed by atoms with van der Waals surface area (Å²) in [6, 6.07) is 12.7. The molecule has 0 saturated carbocycles. The summed E-state index contributed by atoms with van der Waals surface area (Å²) in [7, 11) is 0. The van der Waals surface area contributed by atoms with Crippen LogP contribution in [-0.4, -0.2) is 18.0 Å². The SMILES string of the molecule is O=[N+]([O-])c1ccc(N2CCNCc3ccccc32)c(Cl)c1. The van der Waals surface area contributed by atoms with Crippen molar-refractivity contribution in [2.45, 2.75) is 6.54 Å². The maximum atomic E-state index is 10.8. The van der Waals surface area contributed by atoms with E-state index in [0.29, 0.717) is 5.02 Å². The van der Waals surface area contributed by atoms with Crippen molar-refractivity contribution in [3.63, 3.8) is 0 Å². The number of non-ortho nitro benzene ring substituents is 1. The van der Waals surface area contributed by atoms with Gasteiger partial charge in [-0.3, -0.25) is 10.1 Å². The summed E-state index contributed by atoms with van der Waals surface area (Å²) in [4.78, 5) is 12.5. The molecular formula is C15H14ClN3O2. The average Bonchev–Trinajstić information content (AvgIpc) is 2.69. The summed E-state index contributed by atoms with van der Waals surface area (Å²) < 4.78 is 0. The van der Waals surface area contributed by atoms with Crippen LogP contribution in [-0.2, 0) is 6.54 Å². The molecule has 0 radical (unpaired) electrons. The lowest BCUT2D eigenvalue weighted by molar-refractivity contribution is -0.384. The van der Waals surface area contributed by atoms with Crippen molar-refractivity contribution >= 4 is 28.7 Å². The first-order valence-corrected chi connectivity index (χ1v) is 7.05. The zero-order valence-corrected chi connectivity index (χ0v) is 12.0. The second kappa shape index (κ2) is 5.71. The quantitative estimate of drug-likeness (QED) is 0.681. The minimum atomic E-state index is -0.437. The van der Waals surface area contributed by atoms with Gasteiger partial charge in [0.25, 0.3) is 5.69 Å². The Kier molecular flexibility index (Phi) is 3.77. The topological polar surface area (TPSA) is 58.4 Å². The largest absolute Gasteiger partial charge is 0.339 e. The molecule has 1 aliphatic heterocycles. The summed E-state index contributed by atoms with van der Waals surface area (Å²) in [6.45, 7) is 2.38. The molecule has 0 atom stereocenters. The molecule has 0 aliphatic carbocycles. The number of halogens is 1. The first kappa shape index (κ1) is 13.9. The third-order valence-electron chi connectivity index (χ3n) is 3.54. The molecule has 0 aromatic heterocycles. The van der Waals surface area contributed by atoms with Crippen LogP contribution in [0.15, 0.2) is 42.5 Å². The molecule has 0 spiro atoms. The van der Waals surface area contributed by atoms with E-state index < -0.39 is 4.92 Å². The van der Waals surface area contributed by atoms with Crippen molar-refractivity contribution in [1.82, 2.24) is 5.32 Å². The highest BCUT2D eigenvalue weighted by Gasteiger charge is 2.19. The van der Waals surface area contributed by atoms with Crippen LogP contribution >= 0.6 is 11.6 Å². The van der Waals surface area contributed by atoms with E-state index in [9.17, 15) is 10.1 Å². The van der Waals surface area contributed by atoms with Gasteiger partial charge < -0.3 is 10.2 Å². The van der Waals surface area contributed by atoms with Crippen molar-refractivity contribution in [2.75, 3.05) is 18.0 Å². The number of nitrogens with one attached hydrogen (secondary N) is 1. The Morgan fingerprint density at radius 3 is 2.76 bits per heavy atom. The first-order chi connectivity index (χ1) is 10.2. The fourth-order valence-electron chi connectivity index (χ4n) is 2.54. The Balaban J connectivity index is 2.06. The van der Waals surface area contributed by atoms with Gasteiger partial charge in [-0.25, -0.2) is 0 Å². The molecule has 0 amide bonds. The maximum absolute atomic E-state index is 10.8. The number of rotatable bonds is 2. The van der Waals surface area contributed by atoms with Crippen molar-refractivity contribution in [3.8, 4) is 0 Å². The van der Waals surface area contributed by atoms with Gasteiger partial charge in [0.2, 0.25) is 0 Å². The van der Waals surface area contributed by atoms with Gasteiger partial charge >= 0.3 is 0 Å². The van der Waals surface area contributed by atoms with Gasteiger partial charge in [-0.1, -0.05) is 29.8 Å². The van der Waals surface area contributed by atoms with E-state index in [0.717, 1.165) is 31.0 Å². The van der Waals surface area contributed by atoms with Crippen LogP contribution in [0.1, 0.15) is 5.56 Å². The lowest BCUT2D eigenvalue weighted by Gasteiger charge is -2.25. The summed E-state index contributed by atoms with van der Waals surface area (Å²) in [5.41, 5.74) is 3.06. The Labute approximate surface area is 127 Å². The number of fused-ring (bicyclic) bond motifs is 1. The molecule has 1 aliphatic rings. The van der Waals surface area contributed by atoms with Gasteiger partial charge in [-0.15, -0.1) is 0 Å². The van der Waals surface area contributed by atoms with E-state index in [1.807, 2.05) is 18.2 Å². The molecule has 0 fully saturated rings. The molecule has 0 saturated heterocycles. The van der Waals surface area contributed by atoms with E-state index in [-0.39, 0.29) is 5.69 Å². The smallest absolute Gasteiger partial charge is 0.271 e. The molecular weight excluding hydrogens is 290 g/mol. The predicted octanol–water partition coefficient (Wildman–Crippen LogP) is 3.49. The van der Waals surface area contributed by atoms with Crippen molar-refractivity contribution in [3.05, 3.63) is 63.2 Å². The highest BCUT2D eigenvalue weighted by molar-refractivity contribution is 6.33. The summed E-state index contributed by atoms with van der Waals surface area (Å²) in [5, 5.41) is 14.6. The Bertz CT molecular complexity index is 690. The normalized spacial score (nSPS) is 14.4. The molecule has 21 heavy (non-hydrogen) atoms. The molecule has 0 unspecified atom stereocenters.